The van der Waals surface area contributed by atoms with E-state index in [0.29, 0.717) is 12.1 Å². The highest BCUT2D eigenvalue weighted by molar-refractivity contribution is 6.59. The third-order valence-electron chi connectivity index (χ3n) is 2.96. The number of carbonyl (C=O) groups excluding carboxylic acids is 1. The molecule has 1 rings (SSSR count). The molecule has 0 atom stereocenters. The zero-order chi connectivity index (χ0) is 19.5. The molecule has 1 aromatic carbocycles. The van der Waals surface area contributed by atoms with Gasteiger partial charge in [0.2, 0.25) is 5.91 Å². The Morgan fingerprint density at radius 2 is 1.64 bits per heavy atom. The van der Waals surface area contributed by atoms with Crippen LogP contribution in [0, 0.1) is 0 Å². The van der Waals surface area contributed by atoms with Gasteiger partial charge in [0, 0.05) is 18.5 Å². The molecular weight excluding hydrogens is 364 g/mol. The summed E-state index contributed by atoms with van der Waals surface area (Å²) in [6, 6.07) is 1.86. The van der Waals surface area contributed by atoms with Crippen molar-refractivity contribution >= 4 is 18.5 Å². The van der Waals surface area contributed by atoms with Gasteiger partial charge in [0.1, 0.15) is 0 Å². The van der Waals surface area contributed by atoms with E-state index in [-0.39, 0.29) is 30.6 Å². The molecule has 25 heavy (non-hydrogen) atoms. The first-order chi connectivity index (χ1) is 11.3. The predicted molar refractivity (Wildman–Crippen MR) is 71.8 cm³/mol. The van der Waals surface area contributed by atoms with E-state index in [4.69, 9.17) is 5.73 Å². The summed E-state index contributed by atoms with van der Waals surface area (Å²) in [4.78, 5) is 11.1. The van der Waals surface area contributed by atoms with Crippen LogP contribution < -0.4 is 16.7 Å². The predicted octanol–water partition coefficient (Wildman–Crippen LogP) is 1.06. The van der Waals surface area contributed by atoms with Crippen LogP contribution in [0.15, 0.2) is 24.3 Å². The summed E-state index contributed by atoms with van der Waals surface area (Å²) in [5.41, 5.74) is 4.98. The molecule has 0 aromatic heterocycles. The number of rotatable bonds is 7. The summed E-state index contributed by atoms with van der Waals surface area (Å²) in [5, 5.41) is 9.54. The van der Waals surface area contributed by atoms with Gasteiger partial charge in [-0.2, -0.15) is 30.7 Å². The van der Waals surface area contributed by atoms with E-state index in [1.165, 1.54) is 0 Å². The Morgan fingerprint density at radius 1 is 1.12 bits per heavy atom. The van der Waals surface area contributed by atoms with Gasteiger partial charge in [0.25, 0.3) is 0 Å². The van der Waals surface area contributed by atoms with Crippen LogP contribution >= 0.6 is 0 Å². The maximum absolute atomic E-state index is 13.5. The summed E-state index contributed by atoms with van der Waals surface area (Å²) in [6.07, 6.45) is -6.59. The van der Waals surface area contributed by atoms with Gasteiger partial charge < -0.3 is 10.8 Å². The van der Waals surface area contributed by atoms with E-state index in [2.05, 4.69) is 4.76 Å². The Balaban J connectivity index is 2.90. The van der Waals surface area contributed by atoms with Crippen molar-refractivity contribution in [3.63, 3.8) is 0 Å². The summed E-state index contributed by atoms with van der Waals surface area (Å²) in [6.45, 7) is -0.0114. The Kier molecular flexibility index (Phi) is 6.42. The van der Waals surface area contributed by atoms with Gasteiger partial charge in [-0.25, -0.2) is 5.48 Å². The molecule has 0 saturated heterocycles. The Bertz CT molecular complexity index is 595. The lowest BCUT2D eigenvalue weighted by Gasteiger charge is -2.28. The molecule has 13 heteroatoms. The van der Waals surface area contributed by atoms with Gasteiger partial charge in [0.05, 0.1) is 0 Å². The maximum Gasteiger partial charge on any atom is 0.514 e. The topological polar surface area (TPSA) is 84.6 Å². The Morgan fingerprint density at radius 3 is 2.08 bits per heavy atom. The summed E-state index contributed by atoms with van der Waals surface area (Å²) in [7, 11) is -1.87. The van der Waals surface area contributed by atoms with Crippen LogP contribution in [0.5, 0.6) is 0 Å². The molecule has 0 bridgehead atoms. The molecule has 4 N–H and O–H groups in total. The maximum atomic E-state index is 13.5. The summed E-state index contributed by atoms with van der Waals surface area (Å²) >= 11 is 0. The molecular formula is C12H12BF7N2O3. The average molecular weight is 376 g/mol. The Hall–Kier alpha value is -1.86. The number of amides is 1. The minimum Gasteiger partial charge on any atom is -0.422 e. The molecule has 0 aliphatic carbocycles. The van der Waals surface area contributed by atoms with Gasteiger partial charge >= 0.3 is 25.1 Å². The van der Waals surface area contributed by atoms with E-state index in [1.807, 2.05) is 0 Å². The number of hydrogen-bond donors (Lipinski definition) is 3. The number of hydrogen-bond acceptors (Lipinski definition) is 4. The lowest BCUT2D eigenvalue weighted by atomic mass is 9.79. The number of halogens is 7. The largest absolute Gasteiger partial charge is 0.514 e. The van der Waals surface area contributed by atoms with Crippen molar-refractivity contribution in [2.45, 2.75) is 24.4 Å². The van der Waals surface area contributed by atoms with Crippen LogP contribution in [0.1, 0.15) is 12.0 Å². The molecule has 0 heterocycles. The van der Waals surface area contributed by atoms with Gasteiger partial charge in [-0.1, -0.05) is 24.3 Å². The second-order valence-corrected chi connectivity index (χ2v) is 4.80. The van der Waals surface area contributed by atoms with Crippen LogP contribution in [0.4, 0.5) is 30.7 Å². The van der Waals surface area contributed by atoms with E-state index in [9.17, 15) is 40.6 Å². The fourth-order valence-corrected chi connectivity index (χ4v) is 1.59. The summed E-state index contributed by atoms with van der Waals surface area (Å²) < 4.78 is 93.6. The quantitative estimate of drug-likeness (QED) is 0.378. The molecule has 0 unspecified atom stereocenters. The first kappa shape index (κ1) is 21.2. The van der Waals surface area contributed by atoms with Crippen LogP contribution in [0.2, 0.25) is 0 Å². The van der Waals surface area contributed by atoms with Crippen molar-refractivity contribution in [2.75, 3.05) is 6.54 Å². The van der Waals surface area contributed by atoms with Gasteiger partial charge in [-0.15, -0.1) is 0 Å². The van der Waals surface area contributed by atoms with E-state index in [1.54, 1.807) is 5.48 Å². The van der Waals surface area contributed by atoms with Gasteiger partial charge in [0.15, 0.2) is 0 Å². The van der Waals surface area contributed by atoms with Gasteiger partial charge in [-0.3, -0.25) is 9.55 Å². The molecule has 0 radical (unpaired) electrons. The van der Waals surface area contributed by atoms with Crippen LogP contribution in [0.25, 0.3) is 0 Å². The highest BCUT2D eigenvalue weighted by Crippen LogP contribution is 2.51. The van der Waals surface area contributed by atoms with E-state index < -0.39 is 36.6 Å². The van der Waals surface area contributed by atoms with Crippen LogP contribution in [-0.4, -0.2) is 36.7 Å². The molecule has 5 nitrogen and oxygen atoms in total. The second kappa shape index (κ2) is 7.58. The van der Waals surface area contributed by atoms with Crippen molar-refractivity contribution in [2.24, 2.45) is 5.73 Å². The Labute approximate surface area is 137 Å². The second-order valence-electron chi connectivity index (χ2n) is 4.80. The first-order valence-electron chi connectivity index (χ1n) is 6.60. The summed E-state index contributed by atoms with van der Waals surface area (Å²) in [5.74, 6) is -12.5. The van der Waals surface area contributed by atoms with Gasteiger partial charge in [-0.05, 0) is 5.46 Å². The van der Waals surface area contributed by atoms with Crippen molar-refractivity contribution in [1.82, 2.24) is 5.48 Å². The number of hydroxylamine groups is 1. The van der Waals surface area contributed by atoms with Crippen molar-refractivity contribution in [1.29, 1.82) is 0 Å². The minimum absolute atomic E-state index is 0.0114. The number of carbonyl (C=O) groups is 1. The SMILES string of the molecule is NCCC(=O)NOB(O)c1ccc(C(F)(F)C(F)(F)C(F)(F)F)cc1. The molecule has 1 amide bonds. The fraction of sp³-hybridized carbons (Fsp3) is 0.417. The molecule has 0 aliphatic rings. The monoisotopic (exact) mass is 376 g/mol. The molecule has 0 aliphatic heterocycles. The number of alkyl halides is 7. The van der Waals surface area contributed by atoms with Crippen molar-refractivity contribution < 1.29 is 45.3 Å². The molecule has 0 fully saturated rings. The molecule has 0 saturated carbocycles. The normalized spacial score (nSPS) is 12.8. The fourth-order valence-electron chi connectivity index (χ4n) is 1.59. The van der Waals surface area contributed by atoms with Crippen LogP contribution in [0.3, 0.4) is 0 Å². The highest BCUT2D eigenvalue weighted by atomic mass is 19.4. The smallest absolute Gasteiger partial charge is 0.422 e. The third-order valence-corrected chi connectivity index (χ3v) is 2.96. The van der Waals surface area contributed by atoms with Crippen molar-refractivity contribution in [3.05, 3.63) is 29.8 Å². The zero-order valence-electron chi connectivity index (χ0n) is 12.3. The standard InChI is InChI=1S/C12H12BF7N2O3/c14-10(15,11(16,17)12(18,19)20)7-1-3-8(4-2-7)13(24)25-22-9(23)5-6-21/h1-4,24H,5-6,21H2,(H,22,23). The van der Waals surface area contributed by atoms with E-state index >= 15 is 0 Å². The van der Waals surface area contributed by atoms with Crippen molar-refractivity contribution in [3.8, 4) is 0 Å². The molecule has 0 spiro atoms. The average Bonchev–Trinajstić information content (AvgIpc) is 2.51. The number of nitrogens with two attached hydrogens (primary N) is 1. The minimum atomic E-state index is -6.45. The molecule has 140 valence electrons. The number of nitrogens with one attached hydrogen (secondary N) is 1. The molecule has 1 aromatic rings. The zero-order valence-corrected chi connectivity index (χ0v) is 12.3. The first-order valence-corrected chi connectivity index (χ1v) is 6.60. The van der Waals surface area contributed by atoms with Crippen LogP contribution in [-0.2, 0) is 15.5 Å². The lowest BCUT2D eigenvalue weighted by molar-refractivity contribution is -0.359. The van der Waals surface area contributed by atoms with E-state index in [0.717, 1.165) is 0 Å². The highest BCUT2D eigenvalue weighted by Gasteiger charge is 2.73. The lowest BCUT2D eigenvalue weighted by Crippen LogP contribution is -2.50. The number of benzene rings is 1. The third kappa shape index (κ3) is 4.61.